The summed E-state index contributed by atoms with van der Waals surface area (Å²) < 4.78 is 1.43. The van der Waals surface area contributed by atoms with Crippen LogP contribution in [0.2, 0.25) is 0 Å². The summed E-state index contributed by atoms with van der Waals surface area (Å²) in [5, 5.41) is 3.55. The number of nitrogens with zero attached hydrogens (tertiary/aromatic N) is 1. The van der Waals surface area contributed by atoms with E-state index in [1.165, 1.54) is 4.57 Å². The number of nitrogens with one attached hydrogen (secondary N) is 2. The molecular formula is C11H13N3O2. The zero-order chi connectivity index (χ0) is 11.7. The smallest absolute Gasteiger partial charge is 0.316 e. The van der Waals surface area contributed by atoms with Gasteiger partial charge in [0.25, 0.3) is 5.56 Å². The number of aromatic nitrogens is 2. The van der Waals surface area contributed by atoms with E-state index >= 15 is 0 Å². The Kier molecular flexibility index (Phi) is 2.62. The van der Waals surface area contributed by atoms with Crippen molar-refractivity contribution in [1.29, 1.82) is 0 Å². The zero-order valence-corrected chi connectivity index (χ0v) is 9.20. The van der Waals surface area contributed by atoms with Gasteiger partial charge in [-0.15, -0.1) is 0 Å². The number of aromatic amines is 1. The van der Waals surface area contributed by atoms with Crippen LogP contribution in [-0.4, -0.2) is 16.6 Å². The van der Waals surface area contributed by atoms with Gasteiger partial charge in [-0.05, 0) is 24.7 Å². The Morgan fingerprint density at radius 2 is 2.12 bits per heavy atom. The highest BCUT2D eigenvalue weighted by Crippen LogP contribution is 2.09. The van der Waals surface area contributed by atoms with E-state index in [9.17, 15) is 9.59 Å². The van der Waals surface area contributed by atoms with Crippen molar-refractivity contribution in [3.63, 3.8) is 0 Å². The average Bonchev–Trinajstić information content (AvgIpc) is 2.27. The molecule has 0 aliphatic carbocycles. The topological polar surface area (TPSA) is 66.9 Å². The van der Waals surface area contributed by atoms with E-state index in [1.54, 1.807) is 19.2 Å². The van der Waals surface area contributed by atoms with Gasteiger partial charge in [-0.2, -0.15) is 0 Å². The highest BCUT2D eigenvalue weighted by atomic mass is 16.2. The molecule has 16 heavy (non-hydrogen) atoms. The molecule has 0 saturated carbocycles. The number of rotatable bonds is 2. The SMILES string of the molecule is CNCc1ccc2c(c1)c(=O)[nH]c(=O)n2C. The Balaban J connectivity index is 2.80. The number of H-pyrrole nitrogens is 1. The van der Waals surface area contributed by atoms with Crippen molar-refractivity contribution in [3.05, 3.63) is 44.6 Å². The monoisotopic (exact) mass is 219 g/mol. The lowest BCUT2D eigenvalue weighted by molar-refractivity contribution is 0.815. The van der Waals surface area contributed by atoms with E-state index in [4.69, 9.17) is 0 Å². The summed E-state index contributed by atoms with van der Waals surface area (Å²) in [6.45, 7) is 0.693. The predicted molar refractivity (Wildman–Crippen MR) is 62.6 cm³/mol. The number of hydrogen-bond donors (Lipinski definition) is 2. The maximum Gasteiger partial charge on any atom is 0.328 e. The highest BCUT2D eigenvalue weighted by molar-refractivity contribution is 5.78. The normalized spacial score (nSPS) is 10.9. The van der Waals surface area contributed by atoms with Gasteiger partial charge >= 0.3 is 5.69 Å². The molecule has 0 bridgehead atoms. The lowest BCUT2D eigenvalue weighted by atomic mass is 10.1. The van der Waals surface area contributed by atoms with Gasteiger partial charge in [0, 0.05) is 13.6 Å². The first-order valence-electron chi connectivity index (χ1n) is 5.00. The fourth-order valence-electron chi connectivity index (χ4n) is 1.73. The second kappa shape index (κ2) is 3.94. The summed E-state index contributed by atoms with van der Waals surface area (Å²) in [5.74, 6) is 0. The fourth-order valence-corrected chi connectivity index (χ4v) is 1.73. The van der Waals surface area contributed by atoms with Gasteiger partial charge in [-0.25, -0.2) is 4.79 Å². The molecule has 0 atom stereocenters. The molecule has 0 radical (unpaired) electrons. The van der Waals surface area contributed by atoms with Crippen LogP contribution in [0, 0.1) is 0 Å². The van der Waals surface area contributed by atoms with E-state index in [-0.39, 0.29) is 11.2 Å². The van der Waals surface area contributed by atoms with Crippen LogP contribution >= 0.6 is 0 Å². The Labute approximate surface area is 91.7 Å². The molecule has 0 amide bonds. The first-order chi connectivity index (χ1) is 7.63. The number of fused-ring (bicyclic) bond motifs is 1. The minimum absolute atomic E-state index is 0.337. The average molecular weight is 219 g/mol. The quantitative estimate of drug-likeness (QED) is 0.744. The summed E-state index contributed by atoms with van der Waals surface area (Å²) in [4.78, 5) is 25.3. The van der Waals surface area contributed by atoms with Gasteiger partial charge in [0.15, 0.2) is 0 Å². The number of benzene rings is 1. The number of hydrogen-bond acceptors (Lipinski definition) is 3. The van der Waals surface area contributed by atoms with Crippen LogP contribution in [0.3, 0.4) is 0 Å². The first kappa shape index (κ1) is 10.6. The summed E-state index contributed by atoms with van der Waals surface area (Å²) in [5.41, 5.74) is 0.933. The molecule has 5 heteroatoms. The van der Waals surface area contributed by atoms with E-state index in [0.29, 0.717) is 17.4 Å². The van der Waals surface area contributed by atoms with Crippen LogP contribution in [0.15, 0.2) is 27.8 Å². The molecule has 84 valence electrons. The summed E-state index contributed by atoms with van der Waals surface area (Å²) in [7, 11) is 3.48. The van der Waals surface area contributed by atoms with Crippen molar-refractivity contribution in [1.82, 2.24) is 14.9 Å². The Hall–Kier alpha value is -1.88. The first-order valence-corrected chi connectivity index (χ1v) is 5.00. The molecule has 0 fully saturated rings. The molecule has 0 aliphatic rings. The van der Waals surface area contributed by atoms with E-state index in [1.807, 2.05) is 13.1 Å². The van der Waals surface area contributed by atoms with Crippen LogP contribution < -0.4 is 16.6 Å². The predicted octanol–water partition coefficient (Wildman–Crippen LogP) is -0.0538. The van der Waals surface area contributed by atoms with Crippen LogP contribution in [0.4, 0.5) is 0 Å². The van der Waals surface area contributed by atoms with Crippen LogP contribution in [0.5, 0.6) is 0 Å². The van der Waals surface area contributed by atoms with Crippen molar-refractivity contribution in [3.8, 4) is 0 Å². The summed E-state index contributed by atoms with van der Waals surface area (Å²) >= 11 is 0. The van der Waals surface area contributed by atoms with E-state index in [0.717, 1.165) is 5.56 Å². The van der Waals surface area contributed by atoms with Crippen molar-refractivity contribution in [2.45, 2.75) is 6.54 Å². The molecule has 2 aromatic rings. The summed E-state index contributed by atoms with van der Waals surface area (Å²) in [6.07, 6.45) is 0. The Bertz CT molecular complexity index is 640. The van der Waals surface area contributed by atoms with Crippen LogP contribution in [0.1, 0.15) is 5.56 Å². The minimum atomic E-state index is -0.390. The lowest BCUT2D eigenvalue weighted by Crippen LogP contribution is -2.28. The molecule has 1 heterocycles. The van der Waals surface area contributed by atoms with Gasteiger partial charge < -0.3 is 5.32 Å². The van der Waals surface area contributed by atoms with Gasteiger partial charge in [0.05, 0.1) is 10.9 Å². The van der Waals surface area contributed by atoms with Gasteiger partial charge in [0.1, 0.15) is 0 Å². The second-order valence-electron chi connectivity index (χ2n) is 3.70. The Morgan fingerprint density at radius 1 is 1.38 bits per heavy atom. The summed E-state index contributed by atoms with van der Waals surface area (Å²) in [6, 6.07) is 5.49. The van der Waals surface area contributed by atoms with E-state index in [2.05, 4.69) is 10.3 Å². The molecule has 2 N–H and O–H groups in total. The van der Waals surface area contributed by atoms with Crippen molar-refractivity contribution in [2.75, 3.05) is 7.05 Å². The molecule has 0 aliphatic heterocycles. The van der Waals surface area contributed by atoms with E-state index < -0.39 is 0 Å². The third kappa shape index (κ3) is 1.65. The molecule has 0 unspecified atom stereocenters. The van der Waals surface area contributed by atoms with Crippen LogP contribution in [0.25, 0.3) is 10.9 Å². The maximum atomic E-state index is 11.6. The van der Waals surface area contributed by atoms with Gasteiger partial charge in [0.2, 0.25) is 0 Å². The Morgan fingerprint density at radius 3 is 2.81 bits per heavy atom. The molecule has 0 spiro atoms. The van der Waals surface area contributed by atoms with Gasteiger partial charge in [-0.1, -0.05) is 6.07 Å². The molecule has 5 nitrogen and oxygen atoms in total. The van der Waals surface area contributed by atoms with Crippen molar-refractivity contribution >= 4 is 10.9 Å². The second-order valence-corrected chi connectivity index (χ2v) is 3.70. The van der Waals surface area contributed by atoms with Crippen LogP contribution in [-0.2, 0) is 13.6 Å². The molecule has 1 aromatic heterocycles. The standard InChI is InChI=1S/C11H13N3O2/c1-12-6-7-3-4-9-8(5-7)10(15)13-11(16)14(9)2/h3-5,12H,6H2,1-2H3,(H,13,15,16). The maximum absolute atomic E-state index is 11.6. The van der Waals surface area contributed by atoms with Gasteiger partial charge in [-0.3, -0.25) is 14.3 Å². The molecule has 0 saturated heterocycles. The zero-order valence-electron chi connectivity index (χ0n) is 9.20. The molecule has 1 aromatic carbocycles. The molecule has 2 rings (SSSR count). The number of aryl methyl sites for hydroxylation is 1. The molecular weight excluding hydrogens is 206 g/mol. The van der Waals surface area contributed by atoms with Crippen molar-refractivity contribution in [2.24, 2.45) is 7.05 Å². The lowest BCUT2D eigenvalue weighted by Gasteiger charge is -2.05. The third-order valence-corrected chi connectivity index (χ3v) is 2.57. The minimum Gasteiger partial charge on any atom is -0.316 e. The van der Waals surface area contributed by atoms with Crippen molar-refractivity contribution < 1.29 is 0 Å². The fraction of sp³-hybridized carbons (Fsp3) is 0.273. The highest BCUT2D eigenvalue weighted by Gasteiger charge is 2.04. The largest absolute Gasteiger partial charge is 0.328 e. The third-order valence-electron chi connectivity index (χ3n) is 2.57.